The van der Waals surface area contributed by atoms with Gasteiger partial charge in [-0.2, -0.15) is 0 Å². The number of fused-ring (bicyclic) bond motifs is 6. The van der Waals surface area contributed by atoms with Gasteiger partial charge in [0.1, 0.15) is 18.3 Å². The average molecular weight is 511 g/mol. The Kier molecular flexibility index (Phi) is 8.62. The van der Waals surface area contributed by atoms with Gasteiger partial charge in [-0.05, 0) is 77.0 Å². The molecule has 0 amide bonds. The summed E-state index contributed by atoms with van der Waals surface area (Å²) >= 11 is 0. The minimum absolute atomic E-state index is 0.0339. The van der Waals surface area contributed by atoms with Gasteiger partial charge in [-0.3, -0.25) is 0 Å². The van der Waals surface area contributed by atoms with Gasteiger partial charge < -0.3 is 28.4 Å². The quantitative estimate of drug-likeness (QED) is 0.358. The van der Waals surface area contributed by atoms with Gasteiger partial charge in [0, 0.05) is 0 Å². The Morgan fingerprint density at radius 1 is 0.444 bits per heavy atom. The summed E-state index contributed by atoms with van der Waals surface area (Å²) in [5, 5.41) is 0. The third-order valence-corrected chi connectivity index (χ3v) is 8.41. The Balaban J connectivity index is 1.58. The first-order valence-electron chi connectivity index (χ1n) is 13.6. The minimum atomic E-state index is -0.760. The van der Waals surface area contributed by atoms with Gasteiger partial charge >= 0.3 is 17.9 Å². The molecule has 0 spiro atoms. The molecule has 4 heterocycles. The SMILES string of the molecule is C[C@@H]1OC(=O)[C@@H]2O[C@@H](CC[C@@H]2C)[C@H](C)OC(=O)[C@@H]2O[C@@H](CC[C@@H]2C)[C@H](C)OC(=O)[C@@H]2O[C@H]1CC[C@@H]2C. The maximum absolute atomic E-state index is 13.1. The van der Waals surface area contributed by atoms with Crippen molar-refractivity contribution < 1.29 is 42.8 Å². The summed E-state index contributed by atoms with van der Waals surface area (Å²) in [5.74, 6) is -1.47. The van der Waals surface area contributed by atoms with Crippen molar-refractivity contribution in [3.05, 3.63) is 0 Å². The molecule has 9 nitrogen and oxygen atoms in total. The summed E-state index contributed by atoms with van der Waals surface area (Å²) in [4.78, 5) is 39.3. The summed E-state index contributed by atoms with van der Waals surface area (Å²) in [6, 6.07) is 0. The first kappa shape index (κ1) is 27.3. The summed E-state index contributed by atoms with van der Waals surface area (Å²) in [7, 11) is 0. The smallest absolute Gasteiger partial charge is 0.335 e. The van der Waals surface area contributed by atoms with E-state index in [1.54, 1.807) is 20.8 Å². The minimum Gasteiger partial charge on any atom is -0.458 e. The van der Waals surface area contributed by atoms with Crippen molar-refractivity contribution in [1.82, 2.24) is 0 Å². The summed E-state index contributed by atoms with van der Waals surface area (Å²) in [5.41, 5.74) is 0. The molecule has 0 radical (unpaired) electrons. The molecule has 6 bridgehead atoms. The van der Waals surface area contributed by atoms with Gasteiger partial charge in [-0.25, -0.2) is 14.4 Å². The van der Waals surface area contributed by atoms with Crippen molar-refractivity contribution >= 4 is 17.9 Å². The van der Waals surface area contributed by atoms with Crippen molar-refractivity contribution in [2.45, 2.75) is 135 Å². The second-order valence-electron chi connectivity index (χ2n) is 11.4. The van der Waals surface area contributed by atoms with Crippen LogP contribution in [0.25, 0.3) is 0 Å². The molecular weight excluding hydrogens is 468 g/mol. The standard InChI is InChI=1S/C27H42O9/c1-13-7-10-19-16(4)32-26(29)23-15(3)9-12-21(36-23)18(6)33-27(30)24-14(2)8-11-20(35-24)17(5)31-25(28)22(13)34-19/h13-24H,7-12H2,1-6H3/t13-,14-,15-,16-,17-,18-,19-,20-,21-,22+,23+,24+/m0/s1. The normalized spacial score (nSPS) is 47.0. The Morgan fingerprint density at radius 2 is 0.694 bits per heavy atom. The molecule has 12 atom stereocenters. The van der Waals surface area contributed by atoms with Crippen LogP contribution in [-0.2, 0) is 42.8 Å². The summed E-state index contributed by atoms with van der Waals surface area (Å²) in [6.45, 7) is 11.2. The van der Waals surface area contributed by atoms with Gasteiger partial charge in [-0.15, -0.1) is 0 Å². The van der Waals surface area contributed by atoms with Crippen LogP contribution in [0.1, 0.15) is 80.1 Å². The maximum Gasteiger partial charge on any atom is 0.335 e. The van der Waals surface area contributed by atoms with Crippen LogP contribution in [0.2, 0.25) is 0 Å². The lowest BCUT2D eigenvalue weighted by Crippen LogP contribution is -2.51. The Morgan fingerprint density at radius 3 is 0.944 bits per heavy atom. The monoisotopic (exact) mass is 510 g/mol. The molecule has 4 aliphatic heterocycles. The summed E-state index contributed by atoms with van der Waals surface area (Å²) < 4.78 is 35.8. The molecule has 4 aliphatic rings. The number of carbonyl (C=O) groups excluding carboxylic acids is 3. The van der Waals surface area contributed by atoms with Crippen LogP contribution in [0.4, 0.5) is 0 Å². The van der Waals surface area contributed by atoms with Gasteiger partial charge in [0.2, 0.25) is 0 Å². The van der Waals surface area contributed by atoms with E-state index >= 15 is 0 Å². The number of esters is 3. The van der Waals surface area contributed by atoms with Crippen molar-refractivity contribution in [3.8, 4) is 0 Å². The third-order valence-electron chi connectivity index (χ3n) is 8.41. The largest absolute Gasteiger partial charge is 0.458 e. The molecule has 36 heavy (non-hydrogen) atoms. The Hall–Kier alpha value is -1.71. The van der Waals surface area contributed by atoms with E-state index < -0.39 is 72.8 Å². The lowest BCUT2D eigenvalue weighted by molar-refractivity contribution is -0.214. The zero-order chi connectivity index (χ0) is 26.1. The van der Waals surface area contributed by atoms with E-state index in [0.29, 0.717) is 19.3 Å². The van der Waals surface area contributed by atoms with Crippen LogP contribution in [-0.4, -0.2) is 72.8 Å². The van der Waals surface area contributed by atoms with Crippen molar-refractivity contribution in [3.63, 3.8) is 0 Å². The second-order valence-corrected chi connectivity index (χ2v) is 11.4. The predicted molar refractivity (Wildman–Crippen MR) is 128 cm³/mol. The first-order chi connectivity index (χ1) is 17.0. The molecule has 0 aromatic carbocycles. The fraction of sp³-hybridized carbons (Fsp3) is 0.889. The highest BCUT2D eigenvalue weighted by Crippen LogP contribution is 2.34. The molecule has 9 heteroatoms. The fourth-order valence-corrected chi connectivity index (χ4v) is 5.79. The molecule has 0 aromatic rings. The Labute approximate surface area is 213 Å². The number of rotatable bonds is 0. The third kappa shape index (κ3) is 5.89. The number of hydrogen-bond donors (Lipinski definition) is 0. The molecule has 0 N–H and O–H groups in total. The van der Waals surface area contributed by atoms with Crippen molar-refractivity contribution in [2.75, 3.05) is 0 Å². The predicted octanol–water partition coefficient (Wildman–Crippen LogP) is 3.35. The van der Waals surface area contributed by atoms with Gasteiger partial charge in [0.15, 0.2) is 18.3 Å². The molecule has 4 fully saturated rings. The molecule has 0 saturated carbocycles. The molecular formula is C27H42O9. The number of hydrogen-bond acceptors (Lipinski definition) is 9. The van der Waals surface area contributed by atoms with Gasteiger partial charge in [0.05, 0.1) is 18.3 Å². The van der Waals surface area contributed by atoms with E-state index in [2.05, 4.69) is 0 Å². The van der Waals surface area contributed by atoms with Crippen molar-refractivity contribution in [2.24, 2.45) is 17.8 Å². The lowest BCUT2D eigenvalue weighted by Gasteiger charge is -2.40. The maximum atomic E-state index is 13.1. The fourth-order valence-electron chi connectivity index (χ4n) is 5.79. The van der Waals surface area contributed by atoms with E-state index in [9.17, 15) is 14.4 Å². The van der Waals surface area contributed by atoms with Crippen LogP contribution in [0, 0.1) is 17.8 Å². The van der Waals surface area contributed by atoms with Crippen LogP contribution in [0.5, 0.6) is 0 Å². The molecule has 0 unspecified atom stereocenters. The zero-order valence-corrected chi connectivity index (χ0v) is 22.3. The molecule has 204 valence electrons. The van der Waals surface area contributed by atoms with E-state index in [1.165, 1.54) is 0 Å². The van der Waals surface area contributed by atoms with E-state index in [-0.39, 0.29) is 17.8 Å². The number of ether oxygens (including phenoxy) is 6. The average Bonchev–Trinajstić information content (AvgIpc) is 2.83. The topological polar surface area (TPSA) is 107 Å². The van der Waals surface area contributed by atoms with Crippen LogP contribution in [0.15, 0.2) is 0 Å². The molecule has 4 saturated heterocycles. The highest BCUT2D eigenvalue weighted by molar-refractivity contribution is 5.77. The van der Waals surface area contributed by atoms with Gasteiger partial charge in [0.25, 0.3) is 0 Å². The van der Waals surface area contributed by atoms with E-state index in [1.807, 2.05) is 20.8 Å². The Bertz CT molecular complexity index is 710. The highest BCUT2D eigenvalue weighted by Gasteiger charge is 2.44. The van der Waals surface area contributed by atoms with E-state index in [4.69, 9.17) is 28.4 Å². The van der Waals surface area contributed by atoms with Crippen molar-refractivity contribution in [1.29, 1.82) is 0 Å². The first-order valence-corrected chi connectivity index (χ1v) is 13.6. The van der Waals surface area contributed by atoms with Crippen LogP contribution < -0.4 is 0 Å². The van der Waals surface area contributed by atoms with Crippen LogP contribution >= 0.6 is 0 Å². The van der Waals surface area contributed by atoms with Crippen LogP contribution in [0.3, 0.4) is 0 Å². The highest BCUT2D eigenvalue weighted by atomic mass is 16.6. The number of carbonyl (C=O) groups is 3. The van der Waals surface area contributed by atoms with Gasteiger partial charge in [-0.1, -0.05) is 20.8 Å². The zero-order valence-electron chi connectivity index (χ0n) is 22.3. The summed E-state index contributed by atoms with van der Waals surface area (Å²) in [6.07, 6.45) is -0.880. The second kappa shape index (κ2) is 11.4. The molecule has 4 rings (SSSR count). The lowest BCUT2D eigenvalue weighted by atomic mass is 9.90. The van der Waals surface area contributed by atoms with E-state index in [0.717, 1.165) is 19.3 Å². The molecule has 0 aromatic heterocycles. The number of cyclic esters (lactones) is 3. The molecule has 0 aliphatic carbocycles.